The molecule has 2 aromatic heterocycles. The molecule has 4 atom stereocenters. The second kappa shape index (κ2) is 9.70. The van der Waals surface area contributed by atoms with Gasteiger partial charge in [0, 0.05) is 11.7 Å². The summed E-state index contributed by atoms with van der Waals surface area (Å²) in [4.78, 5) is 13.8. The molecule has 170 valence electrons. The minimum Gasteiger partial charge on any atom is -0.325 e. The average molecular weight is 478 g/mol. The van der Waals surface area contributed by atoms with Crippen molar-refractivity contribution in [1.82, 2.24) is 14.8 Å². The Morgan fingerprint density at radius 3 is 2.79 bits per heavy atom. The molecule has 6 nitrogen and oxygen atoms in total. The first kappa shape index (κ1) is 22.2. The van der Waals surface area contributed by atoms with Crippen LogP contribution in [0, 0.1) is 29.1 Å². The van der Waals surface area contributed by atoms with E-state index in [-0.39, 0.29) is 11.7 Å². The lowest BCUT2D eigenvalue weighted by atomic mass is 9.84. The highest BCUT2D eigenvalue weighted by atomic mass is 32.2. The van der Waals surface area contributed by atoms with Crippen LogP contribution in [-0.2, 0) is 11.2 Å². The third-order valence-electron chi connectivity index (χ3n) is 7.08. The smallest absolute Gasteiger partial charge is 0.234 e. The van der Waals surface area contributed by atoms with Crippen molar-refractivity contribution in [2.24, 2.45) is 17.8 Å². The molecule has 0 aliphatic heterocycles. The largest absolute Gasteiger partial charge is 0.325 e. The van der Waals surface area contributed by atoms with Gasteiger partial charge in [0.05, 0.1) is 23.1 Å². The fraction of sp³-hybridized carbons (Fsp3) is 0.440. The van der Waals surface area contributed by atoms with Crippen LogP contribution >= 0.6 is 23.1 Å². The lowest BCUT2D eigenvalue weighted by molar-refractivity contribution is -0.113. The van der Waals surface area contributed by atoms with Crippen molar-refractivity contribution in [3.63, 3.8) is 0 Å². The number of hydrogen-bond acceptors (Lipinski definition) is 6. The number of aromatic nitrogens is 3. The van der Waals surface area contributed by atoms with E-state index in [1.165, 1.54) is 37.4 Å². The van der Waals surface area contributed by atoms with Crippen molar-refractivity contribution in [1.29, 1.82) is 5.26 Å². The number of amides is 1. The van der Waals surface area contributed by atoms with Gasteiger partial charge >= 0.3 is 0 Å². The molecule has 3 aromatic rings. The molecular weight excluding hydrogens is 450 g/mol. The molecular formula is C25H27N5OS2. The van der Waals surface area contributed by atoms with E-state index < -0.39 is 0 Å². The predicted molar refractivity (Wildman–Crippen MR) is 132 cm³/mol. The highest BCUT2D eigenvalue weighted by molar-refractivity contribution is 7.99. The molecule has 1 aromatic carbocycles. The van der Waals surface area contributed by atoms with Crippen LogP contribution in [-0.4, -0.2) is 26.4 Å². The Kier molecular flexibility index (Phi) is 6.52. The van der Waals surface area contributed by atoms with Gasteiger partial charge in [0.25, 0.3) is 0 Å². The molecule has 0 radical (unpaired) electrons. The lowest BCUT2D eigenvalue weighted by Gasteiger charge is -2.30. The van der Waals surface area contributed by atoms with Gasteiger partial charge in [-0.2, -0.15) is 5.26 Å². The molecule has 2 bridgehead atoms. The van der Waals surface area contributed by atoms with Crippen LogP contribution in [0.5, 0.6) is 0 Å². The minimum atomic E-state index is -0.0761. The summed E-state index contributed by atoms with van der Waals surface area (Å²) in [6.45, 7) is 2.30. The van der Waals surface area contributed by atoms with Crippen molar-refractivity contribution in [2.75, 3.05) is 11.1 Å². The van der Waals surface area contributed by atoms with Gasteiger partial charge in [-0.05, 0) is 73.1 Å². The van der Waals surface area contributed by atoms with Crippen LogP contribution < -0.4 is 5.32 Å². The van der Waals surface area contributed by atoms with Crippen molar-refractivity contribution < 1.29 is 4.79 Å². The van der Waals surface area contributed by atoms with Gasteiger partial charge < -0.3 is 5.32 Å². The molecule has 2 heterocycles. The van der Waals surface area contributed by atoms with Gasteiger partial charge in [0.1, 0.15) is 0 Å². The second-order valence-corrected chi connectivity index (χ2v) is 11.0. The summed E-state index contributed by atoms with van der Waals surface area (Å²) < 4.78 is 2.28. The van der Waals surface area contributed by atoms with Gasteiger partial charge in [-0.15, -0.1) is 21.5 Å². The van der Waals surface area contributed by atoms with Crippen LogP contribution in [0.2, 0.25) is 0 Å². The maximum absolute atomic E-state index is 12.6. The van der Waals surface area contributed by atoms with Gasteiger partial charge in [0.15, 0.2) is 11.0 Å². The third kappa shape index (κ3) is 4.71. The first-order chi connectivity index (χ1) is 16.1. The third-order valence-corrected chi connectivity index (χ3v) is 8.89. The van der Waals surface area contributed by atoms with E-state index >= 15 is 0 Å². The van der Waals surface area contributed by atoms with E-state index in [0.29, 0.717) is 18.4 Å². The zero-order valence-electron chi connectivity index (χ0n) is 18.6. The molecule has 2 aliphatic carbocycles. The van der Waals surface area contributed by atoms with Crippen LogP contribution in [0.3, 0.4) is 0 Å². The number of fused-ring (bicyclic) bond motifs is 2. The number of benzene rings is 1. The normalized spacial score (nSPS) is 22.2. The monoisotopic (exact) mass is 477 g/mol. The predicted octanol–water partition coefficient (Wildman–Crippen LogP) is 5.80. The summed E-state index contributed by atoms with van der Waals surface area (Å²) in [7, 11) is 0. The molecule has 33 heavy (non-hydrogen) atoms. The zero-order chi connectivity index (χ0) is 22.8. The summed E-state index contributed by atoms with van der Waals surface area (Å²) in [6.07, 6.45) is 5.75. The van der Waals surface area contributed by atoms with Crippen LogP contribution in [0.4, 0.5) is 5.69 Å². The zero-order valence-corrected chi connectivity index (χ0v) is 20.2. The molecule has 2 saturated carbocycles. The average Bonchev–Trinajstić information content (AvgIpc) is 3.63. The van der Waals surface area contributed by atoms with Gasteiger partial charge in [0.2, 0.25) is 5.91 Å². The van der Waals surface area contributed by atoms with E-state index in [1.54, 1.807) is 11.3 Å². The molecule has 2 aliphatic rings. The highest BCUT2D eigenvalue weighted by Crippen LogP contribution is 2.53. The standard InChI is InChI=1S/C25H27N5OS2/c1-16(21-14-18-4-7-19(21)13-18)30-24(22-3-2-12-32-22)28-29-25(30)33-15-23(31)27-20-8-5-17(6-9-20)10-11-26/h2-3,5-6,8-9,12,16,18-19,21H,4,7,10,13-15H2,1H3,(H,27,31). The Hall–Kier alpha value is -2.63. The number of nitrogens with zero attached hydrogens (tertiary/aromatic N) is 4. The minimum absolute atomic E-state index is 0.0761. The van der Waals surface area contributed by atoms with Crippen LogP contribution in [0.25, 0.3) is 10.7 Å². The summed E-state index contributed by atoms with van der Waals surface area (Å²) in [5.74, 6) is 3.44. The number of rotatable bonds is 8. The fourth-order valence-corrected chi connectivity index (χ4v) is 7.05. The molecule has 4 unspecified atom stereocenters. The maximum Gasteiger partial charge on any atom is 0.234 e. The summed E-state index contributed by atoms with van der Waals surface area (Å²) in [6, 6.07) is 14.0. The fourth-order valence-electron chi connectivity index (χ4n) is 5.52. The summed E-state index contributed by atoms with van der Waals surface area (Å²) in [5, 5.41) is 23.7. The highest BCUT2D eigenvalue weighted by Gasteiger charge is 2.43. The molecule has 0 saturated heterocycles. The Balaban J connectivity index is 1.30. The molecule has 2 fully saturated rings. The van der Waals surface area contributed by atoms with Gasteiger partial charge in [-0.3, -0.25) is 9.36 Å². The maximum atomic E-state index is 12.6. The van der Waals surface area contributed by atoms with Gasteiger partial charge in [-0.1, -0.05) is 36.4 Å². The van der Waals surface area contributed by atoms with E-state index in [2.05, 4.69) is 44.5 Å². The van der Waals surface area contributed by atoms with E-state index in [0.717, 1.165) is 38.9 Å². The molecule has 1 amide bonds. The van der Waals surface area contributed by atoms with Crippen molar-refractivity contribution in [3.05, 3.63) is 47.3 Å². The number of anilines is 1. The van der Waals surface area contributed by atoms with Crippen molar-refractivity contribution in [2.45, 2.75) is 50.2 Å². The Morgan fingerprint density at radius 1 is 1.27 bits per heavy atom. The van der Waals surface area contributed by atoms with E-state index in [4.69, 9.17) is 5.26 Å². The molecule has 8 heteroatoms. The summed E-state index contributed by atoms with van der Waals surface area (Å²) in [5.41, 5.74) is 1.67. The lowest BCUT2D eigenvalue weighted by Crippen LogP contribution is -2.23. The second-order valence-electron chi connectivity index (χ2n) is 9.10. The number of hydrogen-bond donors (Lipinski definition) is 1. The number of carbonyl (C=O) groups excluding carboxylic acids is 1. The topological polar surface area (TPSA) is 83.6 Å². The van der Waals surface area contributed by atoms with Crippen LogP contribution in [0.15, 0.2) is 46.9 Å². The van der Waals surface area contributed by atoms with Crippen molar-refractivity contribution in [3.8, 4) is 16.8 Å². The number of thiophene rings is 1. The Bertz CT molecular complexity index is 1150. The molecule has 1 N–H and O–H groups in total. The first-order valence-electron chi connectivity index (χ1n) is 11.5. The molecule has 0 spiro atoms. The van der Waals surface area contributed by atoms with E-state index in [9.17, 15) is 4.79 Å². The number of thioether (sulfide) groups is 1. The van der Waals surface area contributed by atoms with Crippen LogP contribution in [0.1, 0.15) is 44.2 Å². The van der Waals surface area contributed by atoms with Gasteiger partial charge in [-0.25, -0.2) is 0 Å². The first-order valence-corrected chi connectivity index (χ1v) is 13.4. The molecule has 5 rings (SSSR count). The Morgan fingerprint density at radius 2 is 2.12 bits per heavy atom. The SMILES string of the molecule is CC(C1CC2CCC1C2)n1c(SCC(=O)Nc2ccc(CC#N)cc2)nnc1-c1cccs1. The number of carbonyl (C=O) groups is 1. The van der Waals surface area contributed by atoms with E-state index in [1.807, 2.05) is 30.3 Å². The Labute approximate surface area is 202 Å². The quantitative estimate of drug-likeness (QED) is 0.415. The van der Waals surface area contributed by atoms with Crippen molar-refractivity contribution >= 4 is 34.7 Å². The number of nitrogens with one attached hydrogen (secondary N) is 1. The summed E-state index contributed by atoms with van der Waals surface area (Å²) >= 11 is 3.13. The number of nitriles is 1.